The molecule has 1 N–H and O–H groups in total. The number of anilines is 1. The van der Waals surface area contributed by atoms with Crippen LogP contribution in [-0.4, -0.2) is 22.0 Å². The van der Waals surface area contributed by atoms with E-state index in [9.17, 15) is 14.4 Å². The molecule has 2 bridgehead atoms. The molecule has 3 fully saturated rings. The molecule has 4 aliphatic rings. The van der Waals surface area contributed by atoms with Crippen molar-refractivity contribution in [1.29, 1.82) is 0 Å². The Labute approximate surface area is 260 Å². The lowest BCUT2D eigenvalue weighted by Gasteiger charge is -2.43. The molecule has 0 spiro atoms. The molecular formula is C32H24Cl2N2O4S2. The number of aromatic nitrogens is 1. The quantitative estimate of drug-likeness (QED) is 0.239. The van der Waals surface area contributed by atoms with Crippen LogP contribution in [0.3, 0.4) is 0 Å². The van der Waals surface area contributed by atoms with Gasteiger partial charge < -0.3 is 9.72 Å². The predicted octanol–water partition coefficient (Wildman–Crippen LogP) is 7.00. The minimum atomic E-state index is -0.396. The van der Waals surface area contributed by atoms with Crippen LogP contribution >= 0.6 is 46.3 Å². The van der Waals surface area contributed by atoms with E-state index in [0.717, 1.165) is 27.5 Å². The second-order valence-electron chi connectivity index (χ2n) is 11.4. The molecule has 2 amide bonds. The molecule has 1 aromatic heterocycles. The Bertz CT molecular complexity index is 1790. The Balaban J connectivity index is 1.21. The largest absolute Gasteiger partial charge is 0.489 e. The fraction of sp³-hybridized carbons (Fsp3) is 0.281. The number of H-pyrrole nitrogens is 1. The second-order valence-corrected chi connectivity index (χ2v) is 14.5. The lowest BCUT2D eigenvalue weighted by Crippen LogP contribution is -2.42. The highest BCUT2D eigenvalue weighted by atomic mass is 35.5. The molecule has 4 aromatic rings. The molecule has 7 atom stereocenters. The number of carbonyl (C=O) groups excluding carboxylic acids is 2. The molecule has 2 aliphatic heterocycles. The molecule has 2 aliphatic carbocycles. The number of carbonyl (C=O) groups is 2. The van der Waals surface area contributed by atoms with Crippen molar-refractivity contribution in [2.24, 2.45) is 29.6 Å². The van der Waals surface area contributed by atoms with Crippen molar-refractivity contribution in [3.05, 3.63) is 109 Å². The Kier molecular flexibility index (Phi) is 6.34. The van der Waals surface area contributed by atoms with Crippen molar-refractivity contribution < 1.29 is 14.3 Å². The number of aromatic amines is 1. The summed E-state index contributed by atoms with van der Waals surface area (Å²) in [5.41, 5.74) is 2.52. The first-order valence-corrected chi connectivity index (χ1v) is 16.3. The number of thioether (sulfide) groups is 1. The van der Waals surface area contributed by atoms with Crippen LogP contribution in [-0.2, 0) is 16.2 Å². The maximum absolute atomic E-state index is 14.0. The zero-order chi connectivity index (χ0) is 28.7. The van der Waals surface area contributed by atoms with Crippen LogP contribution < -0.4 is 14.5 Å². The number of hydrogen-bond acceptors (Lipinski definition) is 6. The number of ether oxygens (including phenoxy) is 1. The number of halogens is 2. The topological polar surface area (TPSA) is 79.5 Å². The van der Waals surface area contributed by atoms with Gasteiger partial charge in [-0.3, -0.25) is 19.3 Å². The van der Waals surface area contributed by atoms with Crippen LogP contribution in [0.15, 0.2) is 82.6 Å². The highest BCUT2D eigenvalue weighted by Gasteiger charge is 2.69. The SMILES string of the molecule is O=C1C2C3CC(C2C(=O)N1c1ccc(Cl)cc1)C1C3Sc2[nH]c(=O)sc2[C@@H]1c1cc(Cl)ccc1OCc1ccccc1. The molecule has 6 nitrogen and oxygen atoms in total. The van der Waals surface area contributed by atoms with Gasteiger partial charge in [0.15, 0.2) is 0 Å². The summed E-state index contributed by atoms with van der Waals surface area (Å²) >= 11 is 15.6. The van der Waals surface area contributed by atoms with Crippen molar-refractivity contribution in [1.82, 2.24) is 4.98 Å². The molecule has 8 rings (SSSR count). The van der Waals surface area contributed by atoms with Crippen LogP contribution in [0.1, 0.15) is 28.3 Å². The van der Waals surface area contributed by atoms with Gasteiger partial charge in [0.2, 0.25) is 11.8 Å². The van der Waals surface area contributed by atoms with E-state index in [4.69, 9.17) is 27.9 Å². The van der Waals surface area contributed by atoms with Crippen molar-refractivity contribution in [2.45, 2.75) is 29.2 Å². The summed E-state index contributed by atoms with van der Waals surface area (Å²) in [5.74, 6) is -0.459. The van der Waals surface area contributed by atoms with Crippen LogP contribution in [0.2, 0.25) is 10.0 Å². The van der Waals surface area contributed by atoms with Crippen LogP contribution in [0.4, 0.5) is 5.69 Å². The van der Waals surface area contributed by atoms with E-state index in [0.29, 0.717) is 28.1 Å². The molecule has 6 unspecified atom stereocenters. The zero-order valence-corrected chi connectivity index (χ0v) is 25.2. The van der Waals surface area contributed by atoms with Crippen molar-refractivity contribution in [3.63, 3.8) is 0 Å². The van der Waals surface area contributed by atoms with Crippen LogP contribution in [0.5, 0.6) is 5.75 Å². The van der Waals surface area contributed by atoms with Gasteiger partial charge in [0.1, 0.15) is 12.4 Å². The highest BCUT2D eigenvalue weighted by molar-refractivity contribution is 8.00. The number of thiazole rings is 1. The van der Waals surface area contributed by atoms with Gasteiger partial charge >= 0.3 is 4.87 Å². The summed E-state index contributed by atoms with van der Waals surface area (Å²) in [6.07, 6.45) is 0.806. The van der Waals surface area contributed by atoms with E-state index in [1.165, 1.54) is 16.2 Å². The smallest absolute Gasteiger partial charge is 0.305 e. The van der Waals surface area contributed by atoms with Gasteiger partial charge in [-0.25, -0.2) is 0 Å². The number of nitrogens with zero attached hydrogens (tertiary/aromatic N) is 1. The van der Waals surface area contributed by atoms with E-state index < -0.39 is 5.92 Å². The highest BCUT2D eigenvalue weighted by Crippen LogP contribution is 2.69. The number of imide groups is 1. The Morgan fingerprint density at radius 1 is 0.881 bits per heavy atom. The monoisotopic (exact) mass is 634 g/mol. The van der Waals surface area contributed by atoms with Crippen molar-refractivity contribution >= 4 is 63.8 Å². The van der Waals surface area contributed by atoms with E-state index >= 15 is 0 Å². The maximum Gasteiger partial charge on any atom is 0.305 e. The number of hydrogen-bond donors (Lipinski definition) is 1. The normalized spacial score (nSPS) is 29.0. The van der Waals surface area contributed by atoms with Crippen LogP contribution in [0, 0.1) is 29.6 Å². The molecular weight excluding hydrogens is 611 g/mol. The first-order chi connectivity index (χ1) is 20.4. The fourth-order valence-electron chi connectivity index (χ4n) is 7.84. The standard InChI is InChI=1S/C32H24Cl2N2O4S2/c33-16-6-9-18(10-7-16)36-30(37)25-20-13-21(26(25)31(36)38)27-24(20)23(28-29(41-27)35-32(39)42-28)19-12-17(34)8-11-22(19)40-14-15-4-2-1-3-5-15/h1-12,20-21,23-27H,13-14H2,(H,35,39)/t20?,21?,23-,24?,25?,26?,27?/m1/s1. The first-order valence-electron chi connectivity index (χ1n) is 13.9. The van der Waals surface area contributed by atoms with E-state index in [2.05, 4.69) is 4.98 Å². The molecule has 2 saturated carbocycles. The Morgan fingerprint density at radius 3 is 2.36 bits per heavy atom. The van der Waals surface area contributed by atoms with Gasteiger partial charge in [-0.1, -0.05) is 64.9 Å². The van der Waals surface area contributed by atoms with Crippen molar-refractivity contribution in [3.8, 4) is 5.75 Å². The number of fused-ring (bicyclic) bond motifs is 9. The molecule has 212 valence electrons. The third-order valence-electron chi connectivity index (χ3n) is 9.35. The van der Waals surface area contributed by atoms with Gasteiger partial charge in [-0.2, -0.15) is 0 Å². The Morgan fingerprint density at radius 2 is 1.60 bits per heavy atom. The van der Waals surface area contributed by atoms with Gasteiger partial charge in [-0.15, -0.1) is 11.8 Å². The molecule has 3 aromatic carbocycles. The van der Waals surface area contributed by atoms with E-state index in [-0.39, 0.29) is 51.5 Å². The zero-order valence-electron chi connectivity index (χ0n) is 22.0. The molecule has 10 heteroatoms. The minimum Gasteiger partial charge on any atom is -0.489 e. The summed E-state index contributed by atoms with van der Waals surface area (Å²) in [4.78, 5) is 45.8. The van der Waals surface area contributed by atoms with Crippen molar-refractivity contribution in [2.75, 3.05) is 4.90 Å². The molecule has 0 radical (unpaired) electrons. The fourth-order valence-corrected chi connectivity index (χ4v) is 11.0. The predicted molar refractivity (Wildman–Crippen MR) is 165 cm³/mol. The summed E-state index contributed by atoms with van der Waals surface area (Å²) in [7, 11) is 0. The third-order valence-corrected chi connectivity index (χ3v) is 12.4. The van der Waals surface area contributed by atoms with Gasteiger partial charge in [0.25, 0.3) is 0 Å². The first kappa shape index (κ1) is 26.6. The minimum absolute atomic E-state index is 0.0115. The summed E-state index contributed by atoms with van der Waals surface area (Å²) in [6, 6.07) is 22.5. The summed E-state index contributed by atoms with van der Waals surface area (Å²) in [6.45, 7) is 0.390. The Hall–Kier alpha value is -3.04. The van der Waals surface area contributed by atoms with Gasteiger partial charge in [-0.05, 0) is 72.2 Å². The lowest BCUT2D eigenvalue weighted by atomic mass is 9.68. The van der Waals surface area contributed by atoms with E-state index in [1.54, 1.807) is 36.0 Å². The second kappa shape index (κ2) is 10.0. The number of benzene rings is 3. The van der Waals surface area contributed by atoms with Gasteiger partial charge in [0.05, 0.1) is 22.5 Å². The van der Waals surface area contributed by atoms with Crippen LogP contribution in [0.25, 0.3) is 0 Å². The maximum atomic E-state index is 14.0. The summed E-state index contributed by atoms with van der Waals surface area (Å²) < 4.78 is 6.40. The summed E-state index contributed by atoms with van der Waals surface area (Å²) in [5, 5.41) is 2.05. The molecule has 3 heterocycles. The number of rotatable bonds is 5. The van der Waals surface area contributed by atoms with Gasteiger partial charge in [0, 0.05) is 31.7 Å². The van der Waals surface area contributed by atoms with E-state index in [1.807, 2.05) is 48.5 Å². The average molecular weight is 636 g/mol. The number of nitrogens with one attached hydrogen (secondary N) is 1. The lowest BCUT2D eigenvalue weighted by molar-refractivity contribution is -0.123. The number of amides is 2. The third kappa shape index (κ3) is 4.03. The molecule has 1 saturated heterocycles. The molecule has 42 heavy (non-hydrogen) atoms. The average Bonchev–Trinajstić information content (AvgIpc) is 3.72.